The Kier molecular flexibility index (Phi) is 6.40. The minimum Gasteiger partial charge on any atom is -0.478 e. The van der Waals surface area contributed by atoms with E-state index in [9.17, 15) is 9.90 Å². The minimum atomic E-state index is -0.846. The molecule has 2 aromatic carbocycles. The Morgan fingerprint density at radius 3 is 2.30 bits per heavy atom. The van der Waals surface area contributed by atoms with Crippen LogP contribution in [0.15, 0.2) is 42.5 Å². The van der Waals surface area contributed by atoms with E-state index in [-0.39, 0.29) is 0 Å². The topological polar surface area (TPSA) is 37.3 Å². The molecule has 23 heavy (non-hydrogen) atoms. The SMILES string of the molecule is CCCCCCc1c(CC)ccc(C(=O)O)c1-c1ccccc1. The van der Waals surface area contributed by atoms with Crippen LogP contribution in [-0.2, 0) is 12.8 Å². The predicted molar refractivity (Wildman–Crippen MR) is 96.1 cm³/mol. The maximum atomic E-state index is 11.7. The van der Waals surface area contributed by atoms with E-state index in [0.717, 1.165) is 30.4 Å². The smallest absolute Gasteiger partial charge is 0.336 e. The van der Waals surface area contributed by atoms with Crippen molar-refractivity contribution in [2.24, 2.45) is 0 Å². The average molecular weight is 310 g/mol. The van der Waals surface area contributed by atoms with Gasteiger partial charge in [0.05, 0.1) is 5.56 Å². The van der Waals surface area contributed by atoms with E-state index in [4.69, 9.17) is 0 Å². The van der Waals surface area contributed by atoms with Gasteiger partial charge in [-0.3, -0.25) is 0 Å². The van der Waals surface area contributed by atoms with Crippen molar-refractivity contribution in [2.45, 2.75) is 52.4 Å². The number of hydrogen-bond acceptors (Lipinski definition) is 1. The summed E-state index contributed by atoms with van der Waals surface area (Å²) in [6.45, 7) is 4.35. The number of carbonyl (C=O) groups is 1. The van der Waals surface area contributed by atoms with Gasteiger partial charge in [-0.1, -0.05) is 69.5 Å². The molecule has 0 bridgehead atoms. The number of carboxylic acids is 1. The van der Waals surface area contributed by atoms with Crippen LogP contribution in [0.25, 0.3) is 11.1 Å². The summed E-state index contributed by atoms with van der Waals surface area (Å²) in [4.78, 5) is 11.7. The van der Waals surface area contributed by atoms with Gasteiger partial charge in [-0.25, -0.2) is 4.79 Å². The Morgan fingerprint density at radius 1 is 0.957 bits per heavy atom. The molecule has 0 aliphatic carbocycles. The maximum absolute atomic E-state index is 11.7. The van der Waals surface area contributed by atoms with Crippen molar-refractivity contribution < 1.29 is 9.90 Å². The number of hydrogen-bond donors (Lipinski definition) is 1. The van der Waals surface area contributed by atoms with Crippen LogP contribution in [0.1, 0.15) is 61.0 Å². The van der Waals surface area contributed by atoms with Gasteiger partial charge in [0.1, 0.15) is 0 Å². The van der Waals surface area contributed by atoms with Crippen LogP contribution in [0, 0.1) is 0 Å². The second kappa shape index (κ2) is 8.52. The van der Waals surface area contributed by atoms with Crippen molar-refractivity contribution in [1.82, 2.24) is 0 Å². The third-order valence-electron chi connectivity index (χ3n) is 4.36. The first-order valence-corrected chi connectivity index (χ1v) is 8.62. The lowest BCUT2D eigenvalue weighted by Crippen LogP contribution is -2.06. The van der Waals surface area contributed by atoms with E-state index in [1.54, 1.807) is 6.07 Å². The highest BCUT2D eigenvalue weighted by Gasteiger charge is 2.18. The second-order valence-corrected chi connectivity index (χ2v) is 5.96. The molecule has 0 aromatic heterocycles. The molecule has 0 spiro atoms. The minimum absolute atomic E-state index is 0.416. The molecule has 1 N–H and O–H groups in total. The van der Waals surface area contributed by atoms with E-state index < -0.39 is 5.97 Å². The Morgan fingerprint density at radius 2 is 1.70 bits per heavy atom. The summed E-state index contributed by atoms with van der Waals surface area (Å²) < 4.78 is 0. The quantitative estimate of drug-likeness (QED) is 0.631. The fourth-order valence-corrected chi connectivity index (χ4v) is 3.15. The summed E-state index contributed by atoms with van der Waals surface area (Å²) in [5, 5.41) is 9.62. The fourth-order valence-electron chi connectivity index (χ4n) is 3.15. The van der Waals surface area contributed by atoms with Crippen molar-refractivity contribution in [3.63, 3.8) is 0 Å². The lowest BCUT2D eigenvalue weighted by molar-refractivity contribution is 0.0697. The molecule has 0 saturated carbocycles. The number of carboxylic acid groups (broad SMARTS) is 1. The zero-order valence-electron chi connectivity index (χ0n) is 14.1. The van der Waals surface area contributed by atoms with E-state index in [2.05, 4.69) is 13.8 Å². The fraction of sp³-hybridized carbons (Fsp3) is 0.381. The molecule has 0 fully saturated rings. The zero-order chi connectivity index (χ0) is 16.7. The van der Waals surface area contributed by atoms with Crippen LogP contribution in [0.2, 0.25) is 0 Å². The molecular weight excluding hydrogens is 284 g/mol. The Bertz CT molecular complexity index is 644. The van der Waals surface area contributed by atoms with Gasteiger partial charge < -0.3 is 5.11 Å². The summed E-state index contributed by atoms with van der Waals surface area (Å²) in [5.41, 5.74) is 4.82. The van der Waals surface area contributed by atoms with Gasteiger partial charge in [0.2, 0.25) is 0 Å². The molecule has 2 aromatic rings. The standard InChI is InChI=1S/C21H26O2/c1-3-5-6-10-13-18-16(4-2)14-15-19(21(22)23)20(18)17-11-8-7-9-12-17/h7-9,11-12,14-15H,3-6,10,13H2,1-2H3,(H,22,23). The molecule has 2 nitrogen and oxygen atoms in total. The molecule has 0 saturated heterocycles. The summed E-state index contributed by atoms with van der Waals surface area (Å²) in [5.74, 6) is -0.846. The van der Waals surface area contributed by atoms with E-state index in [1.807, 2.05) is 36.4 Å². The van der Waals surface area contributed by atoms with Gasteiger partial charge in [0, 0.05) is 0 Å². The molecular formula is C21H26O2. The molecule has 0 aliphatic rings. The summed E-state index contributed by atoms with van der Waals surface area (Å²) in [7, 11) is 0. The highest BCUT2D eigenvalue weighted by Crippen LogP contribution is 2.32. The third-order valence-corrected chi connectivity index (χ3v) is 4.36. The van der Waals surface area contributed by atoms with Crippen molar-refractivity contribution in [3.05, 3.63) is 59.2 Å². The Labute approximate surface area is 139 Å². The van der Waals surface area contributed by atoms with Crippen molar-refractivity contribution >= 4 is 5.97 Å². The van der Waals surface area contributed by atoms with E-state index in [1.165, 1.54) is 30.4 Å². The van der Waals surface area contributed by atoms with Gasteiger partial charge in [0.25, 0.3) is 0 Å². The molecule has 0 radical (unpaired) electrons. The molecule has 2 rings (SSSR count). The Balaban J connectivity index is 2.51. The zero-order valence-corrected chi connectivity index (χ0v) is 14.1. The van der Waals surface area contributed by atoms with Crippen molar-refractivity contribution in [3.8, 4) is 11.1 Å². The van der Waals surface area contributed by atoms with E-state index >= 15 is 0 Å². The lowest BCUT2D eigenvalue weighted by atomic mass is 9.87. The molecule has 0 atom stereocenters. The van der Waals surface area contributed by atoms with Crippen molar-refractivity contribution in [2.75, 3.05) is 0 Å². The summed E-state index contributed by atoms with van der Waals surface area (Å²) in [6, 6.07) is 13.7. The largest absolute Gasteiger partial charge is 0.478 e. The normalized spacial score (nSPS) is 10.7. The summed E-state index contributed by atoms with van der Waals surface area (Å²) in [6.07, 6.45) is 6.65. The predicted octanol–water partition coefficient (Wildman–Crippen LogP) is 5.74. The number of benzene rings is 2. The second-order valence-electron chi connectivity index (χ2n) is 5.96. The molecule has 122 valence electrons. The van der Waals surface area contributed by atoms with Gasteiger partial charge >= 0.3 is 5.97 Å². The lowest BCUT2D eigenvalue weighted by Gasteiger charge is -2.17. The first kappa shape index (κ1) is 17.3. The molecule has 2 heteroatoms. The highest BCUT2D eigenvalue weighted by molar-refractivity contribution is 5.97. The van der Waals surface area contributed by atoms with Crippen LogP contribution in [0.5, 0.6) is 0 Å². The number of rotatable bonds is 8. The van der Waals surface area contributed by atoms with Crippen LogP contribution >= 0.6 is 0 Å². The van der Waals surface area contributed by atoms with Crippen molar-refractivity contribution in [1.29, 1.82) is 0 Å². The van der Waals surface area contributed by atoms with Crippen LogP contribution in [0.4, 0.5) is 0 Å². The Hall–Kier alpha value is -2.09. The summed E-state index contributed by atoms with van der Waals surface area (Å²) >= 11 is 0. The molecule has 0 aliphatic heterocycles. The van der Waals surface area contributed by atoms with Crippen LogP contribution < -0.4 is 0 Å². The first-order valence-electron chi connectivity index (χ1n) is 8.62. The monoisotopic (exact) mass is 310 g/mol. The van der Waals surface area contributed by atoms with Gasteiger partial charge in [-0.15, -0.1) is 0 Å². The molecule has 0 unspecified atom stereocenters. The maximum Gasteiger partial charge on any atom is 0.336 e. The van der Waals surface area contributed by atoms with Crippen LogP contribution in [-0.4, -0.2) is 11.1 Å². The average Bonchev–Trinajstić information content (AvgIpc) is 2.58. The van der Waals surface area contributed by atoms with Gasteiger partial charge in [0.15, 0.2) is 0 Å². The van der Waals surface area contributed by atoms with Gasteiger partial charge in [-0.2, -0.15) is 0 Å². The molecule has 0 amide bonds. The van der Waals surface area contributed by atoms with E-state index in [0.29, 0.717) is 5.56 Å². The number of aryl methyl sites for hydroxylation is 1. The van der Waals surface area contributed by atoms with Gasteiger partial charge in [-0.05, 0) is 47.6 Å². The first-order chi connectivity index (χ1) is 11.2. The molecule has 0 heterocycles. The van der Waals surface area contributed by atoms with Crippen LogP contribution in [0.3, 0.4) is 0 Å². The highest BCUT2D eigenvalue weighted by atomic mass is 16.4. The number of aromatic carboxylic acids is 1. The number of unbranched alkanes of at least 4 members (excludes halogenated alkanes) is 3. The third kappa shape index (κ3) is 4.22.